The van der Waals surface area contributed by atoms with Crippen molar-refractivity contribution in [1.29, 1.82) is 0 Å². The summed E-state index contributed by atoms with van der Waals surface area (Å²) < 4.78 is 46.5. The molecule has 2 heterocycles. The molecule has 2 aromatic heterocycles. The summed E-state index contributed by atoms with van der Waals surface area (Å²) in [4.78, 5) is 34.5. The molecule has 5 rings (SSSR count). The Balaban J connectivity index is 1.79. The standard InChI is InChI=1S/C26H18ClF3N3O4P/c27-18-9-6-16(7-10-18)24-20(12-15-4-2-1-3-5-15)32-33-21(14-23(34)31-25(24)33)19-11-8-17(26(28,29)30)13-22(19)37-38(35)36/h1-11,13-14,35-36H,12H2,(H,31,34). The predicted octanol–water partition coefficient (Wildman–Crippen LogP) is 6.21. The fraction of sp³-hybridized carbons (Fsp3) is 0.0769. The molecule has 0 amide bonds. The number of aromatic amines is 1. The Hall–Kier alpha value is -3.69. The third-order valence-corrected chi connectivity index (χ3v) is 6.42. The van der Waals surface area contributed by atoms with Gasteiger partial charge in [-0.05, 0) is 41.5 Å². The molecule has 0 saturated heterocycles. The van der Waals surface area contributed by atoms with Crippen LogP contribution in [0.4, 0.5) is 13.2 Å². The van der Waals surface area contributed by atoms with Gasteiger partial charge in [0, 0.05) is 28.6 Å². The summed E-state index contributed by atoms with van der Waals surface area (Å²) in [6.45, 7) is 0. The molecular formula is C26H18ClF3N3O4P. The molecule has 3 N–H and O–H groups in total. The van der Waals surface area contributed by atoms with Gasteiger partial charge in [0.05, 0.1) is 17.0 Å². The number of halogens is 4. The van der Waals surface area contributed by atoms with Crippen LogP contribution in [0.3, 0.4) is 0 Å². The van der Waals surface area contributed by atoms with E-state index in [0.29, 0.717) is 40.0 Å². The van der Waals surface area contributed by atoms with E-state index in [4.69, 9.17) is 21.2 Å². The number of aromatic nitrogens is 3. The van der Waals surface area contributed by atoms with Gasteiger partial charge in [-0.3, -0.25) is 4.79 Å². The van der Waals surface area contributed by atoms with E-state index in [1.54, 1.807) is 24.3 Å². The molecule has 0 radical (unpaired) electrons. The minimum absolute atomic E-state index is 0.0149. The van der Waals surface area contributed by atoms with E-state index in [1.807, 2.05) is 30.3 Å². The van der Waals surface area contributed by atoms with Crippen LogP contribution >= 0.6 is 20.2 Å². The molecule has 7 nitrogen and oxygen atoms in total. The summed E-state index contributed by atoms with van der Waals surface area (Å²) in [5.41, 5.74) is 1.65. The fourth-order valence-electron chi connectivity index (χ4n) is 4.19. The van der Waals surface area contributed by atoms with E-state index in [9.17, 15) is 27.8 Å². The number of nitrogens with zero attached hydrogens (tertiary/aromatic N) is 2. The van der Waals surface area contributed by atoms with E-state index >= 15 is 0 Å². The third-order valence-electron chi connectivity index (χ3n) is 5.81. The monoisotopic (exact) mass is 559 g/mol. The van der Waals surface area contributed by atoms with Crippen LogP contribution in [0, 0.1) is 0 Å². The summed E-state index contributed by atoms with van der Waals surface area (Å²) in [6, 6.07) is 20.2. The molecule has 0 unspecified atom stereocenters. The molecule has 38 heavy (non-hydrogen) atoms. The SMILES string of the molecule is O=c1cc(-c2ccc(C(F)(F)F)cc2OP(O)O)n2nc(Cc3ccccc3)c(-c3ccc(Cl)cc3)c2[nH]1. The topological polar surface area (TPSA) is 99.8 Å². The number of hydrogen-bond acceptors (Lipinski definition) is 5. The maximum absolute atomic E-state index is 13.4. The van der Waals surface area contributed by atoms with Crippen LogP contribution in [0.15, 0.2) is 83.7 Å². The van der Waals surface area contributed by atoms with Crippen LogP contribution in [0.25, 0.3) is 28.0 Å². The number of hydrogen-bond donors (Lipinski definition) is 3. The van der Waals surface area contributed by atoms with Crippen LogP contribution in [0.1, 0.15) is 16.8 Å². The molecule has 3 aromatic carbocycles. The van der Waals surface area contributed by atoms with Crippen molar-refractivity contribution in [3.05, 3.63) is 111 Å². The zero-order chi connectivity index (χ0) is 27.0. The lowest BCUT2D eigenvalue weighted by Crippen LogP contribution is -2.11. The van der Waals surface area contributed by atoms with Crippen molar-refractivity contribution in [3.63, 3.8) is 0 Å². The van der Waals surface area contributed by atoms with Gasteiger partial charge in [0.2, 0.25) is 0 Å². The van der Waals surface area contributed by atoms with E-state index in [0.717, 1.165) is 23.8 Å². The van der Waals surface area contributed by atoms with Crippen LogP contribution in [0.2, 0.25) is 5.02 Å². The first-order chi connectivity index (χ1) is 18.1. The highest BCUT2D eigenvalue weighted by Crippen LogP contribution is 2.42. The predicted molar refractivity (Wildman–Crippen MR) is 138 cm³/mol. The highest BCUT2D eigenvalue weighted by atomic mass is 35.5. The van der Waals surface area contributed by atoms with Gasteiger partial charge in [0.1, 0.15) is 11.4 Å². The van der Waals surface area contributed by atoms with Gasteiger partial charge in [-0.2, -0.15) is 18.3 Å². The first kappa shape index (κ1) is 25.9. The first-order valence-corrected chi connectivity index (χ1v) is 12.7. The molecular weight excluding hydrogens is 542 g/mol. The molecule has 0 atom stereocenters. The number of alkyl halides is 3. The van der Waals surface area contributed by atoms with Crippen molar-refractivity contribution >= 4 is 25.9 Å². The Morgan fingerprint density at radius 3 is 2.37 bits per heavy atom. The van der Waals surface area contributed by atoms with Crippen LogP contribution in [0.5, 0.6) is 5.75 Å². The number of H-pyrrole nitrogens is 1. The second-order valence-corrected chi connectivity index (χ2v) is 9.45. The molecule has 5 aromatic rings. The maximum atomic E-state index is 13.4. The molecule has 12 heteroatoms. The maximum Gasteiger partial charge on any atom is 0.416 e. The summed E-state index contributed by atoms with van der Waals surface area (Å²) in [5, 5.41) is 5.25. The average molecular weight is 560 g/mol. The van der Waals surface area contributed by atoms with Crippen LogP contribution < -0.4 is 10.1 Å². The van der Waals surface area contributed by atoms with E-state index < -0.39 is 31.7 Å². The summed E-state index contributed by atoms with van der Waals surface area (Å²) in [5.74, 6) is -0.462. The summed E-state index contributed by atoms with van der Waals surface area (Å²) in [6.07, 6.45) is -4.32. The Morgan fingerprint density at radius 1 is 1.00 bits per heavy atom. The first-order valence-electron chi connectivity index (χ1n) is 11.1. The molecule has 0 aliphatic carbocycles. The largest absolute Gasteiger partial charge is 0.426 e. The van der Waals surface area contributed by atoms with Crippen molar-refractivity contribution in [1.82, 2.24) is 14.6 Å². The van der Waals surface area contributed by atoms with Crippen molar-refractivity contribution < 1.29 is 27.5 Å². The second kappa shape index (κ2) is 10.2. The Kier molecular flexibility index (Phi) is 6.98. The van der Waals surface area contributed by atoms with Gasteiger partial charge in [-0.15, -0.1) is 0 Å². The average Bonchev–Trinajstić information content (AvgIpc) is 3.21. The lowest BCUT2D eigenvalue weighted by molar-refractivity contribution is -0.137. The summed E-state index contributed by atoms with van der Waals surface area (Å²) in [7, 11) is -3.05. The number of nitrogens with one attached hydrogen (secondary N) is 1. The molecule has 0 fully saturated rings. The Bertz CT molecular complexity index is 1670. The molecule has 0 aliphatic rings. The minimum Gasteiger partial charge on any atom is -0.426 e. The van der Waals surface area contributed by atoms with Crippen molar-refractivity contribution in [2.75, 3.05) is 0 Å². The fourth-order valence-corrected chi connectivity index (χ4v) is 4.64. The van der Waals surface area contributed by atoms with Crippen LogP contribution in [-0.2, 0) is 12.6 Å². The van der Waals surface area contributed by atoms with Crippen LogP contribution in [-0.4, -0.2) is 24.4 Å². The highest BCUT2D eigenvalue weighted by Gasteiger charge is 2.32. The molecule has 0 aliphatic heterocycles. The van der Waals surface area contributed by atoms with Crippen molar-refractivity contribution in [2.45, 2.75) is 12.6 Å². The van der Waals surface area contributed by atoms with Crippen molar-refractivity contribution in [2.24, 2.45) is 0 Å². The highest BCUT2D eigenvalue weighted by molar-refractivity contribution is 7.39. The minimum atomic E-state index is -4.70. The number of rotatable bonds is 6. The Labute approximate surface area is 219 Å². The van der Waals surface area contributed by atoms with Gasteiger partial charge in [-0.25, -0.2) is 4.52 Å². The lowest BCUT2D eigenvalue weighted by Gasteiger charge is -2.15. The quantitative estimate of drug-likeness (QED) is 0.215. The van der Waals surface area contributed by atoms with Gasteiger partial charge in [-0.1, -0.05) is 54.1 Å². The molecule has 0 spiro atoms. The van der Waals surface area contributed by atoms with Gasteiger partial charge >= 0.3 is 14.8 Å². The second-order valence-electron chi connectivity index (χ2n) is 8.32. The van der Waals surface area contributed by atoms with Gasteiger partial charge in [0.15, 0.2) is 0 Å². The Morgan fingerprint density at radius 2 is 1.71 bits per heavy atom. The van der Waals surface area contributed by atoms with Gasteiger partial charge < -0.3 is 19.3 Å². The lowest BCUT2D eigenvalue weighted by atomic mass is 10.0. The normalized spacial score (nSPS) is 11.9. The van der Waals surface area contributed by atoms with Gasteiger partial charge in [0.25, 0.3) is 5.56 Å². The van der Waals surface area contributed by atoms with Crippen molar-refractivity contribution in [3.8, 4) is 28.1 Å². The number of fused-ring (bicyclic) bond motifs is 1. The molecule has 194 valence electrons. The third kappa shape index (κ3) is 5.30. The smallest absolute Gasteiger partial charge is 0.416 e. The molecule has 0 bridgehead atoms. The summed E-state index contributed by atoms with van der Waals surface area (Å²) >= 11 is 6.08. The zero-order valence-corrected chi connectivity index (χ0v) is 20.9. The van der Waals surface area contributed by atoms with E-state index in [2.05, 4.69) is 4.98 Å². The van der Waals surface area contributed by atoms with E-state index in [1.165, 1.54) is 4.52 Å². The van der Waals surface area contributed by atoms with E-state index in [-0.39, 0.29) is 11.3 Å². The zero-order valence-electron chi connectivity index (χ0n) is 19.3. The number of benzene rings is 3. The molecule has 0 saturated carbocycles.